The van der Waals surface area contributed by atoms with Crippen molar-refractivity contribution in [2.45, 2.75) is 19.8 Å². The van der Waals surface area contributed by atoms with Crippen LogP contribution in [0, 0.1) is 18.8 Å². The molecule has 0 N–H and O–H groups in total. The van der Waals surface area contributed by atoms with Crippen LogP contribution in [0.1, 0.15) is 24.0 Å². The number of hydrogen-bond donors (Lipinski definition) is 0. The third-order valence-corrected chi connectivity index (χ3v) is 3.84. The van der Waals surface area contributed by atoms with Crippen molar-refractivity contribution in [3.63, 3.8) is 0 Å². The Morgan fingerprint density at radius 2 is 2.19 bits per heavy atom. The normalized spacial score (nSPS) is 28.7. The molecule has 0 radical (unpaired) electrons. The van der Waals surface area contributed by atoms with Gasteiger partial charge in [-0.25, -0.2) is 0 Å². The van der Waals surface area contributed by atoms with Crippen LogP contribution < -0.4 is 0 Å². The maximum Gasteiger partial charge on any atom is 0.0532 e. The molecule has 1 saturated heterocycles. The molecule has 2 atom stereocenters. The molecule has 3 rings (SSSR count). The number of hydrogen-bond acceptors (Lipinski definition) is 1. The predicted octanol–water partition coefficient (Wildman–Crippen LogP) is 3.43. The summed E-state index contributed by atoms with van der Waals surface area (Å²) >= 11 is 0. The Bertz CT molecular complexity index is 419. The Balaban J connectivity index is 1.90. The maximum absolute atomic E-state index is 5.55. The number of aryl methyl sites for hydroxylation is 1. The highest BCUT2D eigenvalue weighted by Gasteiger charge is 2.30. The molecule has 16 heavy (non-hydrogen) atoms. The van der Waals surface area contributed by atoms with Crippen molar-refractivity contribution in [3.8, 4) is 0 Å². The van der Waals surface area contributed by atoms with E-state index >= 15 is 0 Å². The van der Waals surface area contributed by atoms with Crippen LogP contribution in [-0.2, 0) is 4.74 Å². The van der Waals surface area contributed by atoms with Gasteiger partial charge in [0.05, 0.1) is 13.2 Å². The molecule has 2 aliphatic rings. The van der Waals surface area contributed by atoms with Gasteiger partial charge in [0, 0.05) is 5.92 Å². The van der Waals surface area contributed by atoms with Crippen molar-refractivity contribution in [2.24, 2.45) is 11.8 Å². The van der Waals surface area contributed by atoms with Gasteiger partial charge in [0.15, 0.2) is 0 Å². The molecule has 2 unspecified atom stereocenters. The third kappa shape index (κ3) is 1.80. The van der Waals surface area contributed by atoms with Gasteiger partial charge in [-0.05, 0) is 36.8 Å². The van der Waals surface area contributed by atoms with Gasteiger partial charge in [-0.2, -0.15) is 0 Å². The zero-order chi connectivity index (χ0) is 11.0. The van der Waals surface area contributed by atoms with Crippen molar-refractivity contribution < 1.29 is 4.74 Å². The molecule has 0 bridgehead atoms. The molecule has 1 aliphatic carbocycles. The molecule has 1 aromatic carbocycles. The lowest BCUT2D eigenvalue weighted by Gasteiger charge is -2.23. The average molecular weight is 214 g/mol. The van der Waals surface area contributed by atoms with E-state index in [2.05, 4.69) is 37.3 Å². The molecule has 0 aromatic heterocycles. The minimum Gasteiger partial charge on any atom is -0.381 e. The van der Waals surface area contributed by atoms with Crippen LogP contribution in [-0.4, -0.2) is 13.2 Å². The first-order valence-electron chi connectivity index (χ1n) is 6.18. The van der Waals surface area contributed by atoms with Crippen LogP contribution in [0.2, 0.25) is 0 Å². The van der Waals surface area contributed by atoms with Crippen LogP contribution >= 0.6 is 0 Å². The highest BCUT2D eigenvalue weighted by Crippen LogP contribution is 2.37. The van der Waals surface area contributed by atoms with Crippen LogP contribution in [0.25, 0.3) is 5.57 Å². The predicted molar refractivity (Wildman–Crippen MR) is 66.2 cm³/mol. The quantitative estimate of drug-likeness (QED) is 0.696. The second-order valence-corrected chi connectivity index (χ2v) is 5.06. The number of allylic oxidation sites excluding steroid dienone is 1. The van der Waals surface area contributed by atoms with E-state index in [9.17, 15) is 0 Å². The van der Waals surface area contributed by atoms with Gasteiger partial charge in [0.1, 0.15) is 0 Å². The number of rotatable bonds is 1. The largest absolute Gasteiger partial charge is 0.381 e. The molecule has 1 aliphatic heterocycles. The lowest BCUT2D eigenvalue weighted by atomic mass is 9.81. The molecular formula is C15H18O. The van der Waals surface area contributed by atoms with E-state index < -0.39 is 0 Å². The highest BCUT2D eigenvalue weighted by atomic mass is 16.5. The summed E-state index contributed by atoms with van der Waals surface area (Å²) in [5, 5.41) is 0. The molecule has 1 nitrogen and oxygen atoms in total. The van der Waals surface area contributed by atoms with Gasteiger partial charge in [0.2, 0.25) is 0 Å². The van der Waals surface area contributed by atoms with Gasteiger partial charge in [-0.1, -0.05) is 35.9 Å². The molecule has 0 amide bonds. The summed E-state index contributed by atoms with van der Waals surface area (Å²) in [5.74, 6) is 1.46. The summed E-state index contributed by atoms with van der Waals surface area (Å²) in [5.41, 5.74) is 4.28. The highest BCUT2D eigenvalue weighted by molar-refractivity contribution is 5.67. The zero-order valence-electron chi connectivity index (χ0n) is 9.78. The van der Waals surface area contributed by atoms with Crippen LogP contribution in [0.4, 0.5) is 0 Å². The molecule has 0 spiro atoms. The molecule has 1 fully saturated rings. The van der Waals surface area contributed by atoms with E-state index in [4.69, 9.17) is 4.74 Å². The van der Waals surface area contributed by atoms with Crippen LogP contribution in [0.3, 0.4) is 0 Å². The molecular weight excluding hydrogens is 196 g/mol. The molecule has 1 heteroatoms. The summed E-state index contributed by atoms with van der Waals surface area (Å²) < 4.78 is 5.55. The van der Waals surface area contributed by atoms with Crippen molar-refractivity contribution in [2.75, 3.05) is 13.2 Å². The van der Waals surface area contributed by atoms with Gasteiger partial charge in [-0.3, -0.25) is 0 Å². The van der Waals surface area contributed by atoms with E-state index in [0.717, 1.165) is 19.1 Å². The minimum absolute atomic E-state index is 0.671. The van der Waals surface area contributed by atoms with E-state index in [0.29, 0.717) is 5.92 Å². The van der Waals surface area contributed by atoms with Crippen LogP contribution in [0.15, 0.2) is 30.3 Å². The first-order chi connectivity index (χ1) is 7.83. The third-order valence-electron chi connectivity index (χ3n) is 3.84. The summed E-state index contributed by atoms with van der Waals surface area (Å²) in [6.07, 6.45) is 4.97. The number of benzene rings is 1. The van der Waals surface area contributed by atoms with E-state index in [1.807, 2.05) is 0 Å². The standard InChI is InChI=1S/C15H18O/c1-11-3-2-4-12(7-11)13-5-6-14-9-16-10-15(14)8-13/h2-4,7-8,14-15H,5-6,9-10H2,1H3. The SMILES string of the molecule is Cc1cccc(C2=CC3COCC3CC2)c1. The minimum atomic E-state index is 0.671. The van der Waals surface area contributed by atoms with Gasteiger partial charge < -0.3 is 4.74 Å². The van der Waals surface area contributed by atoms with E-state index in [-0.39, 0.29) is 0 Å². The Labute approximate surface area is 97.1 Å². The Kier molecular flexibility index (Phi) is 2.56. The van der Waals surface area contributed by atoms with Crippen LogP contribution in [0.5, 0.6) is 0 Å². The van der Waals surface area contributed by atoms with E-state index in [1.54, 1.807) is 0 Å². The van der Waals surface area contributed by atoms with Crippen molar-refractivity contribution >= 4 is 5.57 Å². The van der Waals surface area contributed by atoms with Gasteiger partial charge >= 0.3 is 0 Å². The number of fused-ring (bicyclic) bond motifs is 1. The van der Waals surface area contributed by atoms with Crippen molar-refractivity contribution in [1.82, 2.24) is 0 Å². The first kappa shape index (κ1) is 10.1. The first-order valence-corrected chi connectivity index (χ1v) is 6.18. The molecule has 84 valence electrons. The number of ether oxygens (including phenoxy) is 1. The molecule has 0 saturated carbocycles. The second kappa shape index (κ2) is 4.06. The molecule has 1 heterocycles. The van der Waals surface area contributed by atoms with Crippen molar-refractivity contribution in [1.29, 1.82) is 0 Å². The lowest BCUT2D eigenvalue weighted by molar-refractivity contribution is 0.182. The van der Waals surface area contributed by atoms with Gasteiger partial charge in [0.25, 0.3) is 0 Å². The Morgan fingerprint density at radius 3 is 3.06 bits per heavy atom. The summed E-state index contributed by atoms with van der Waals surface area (Å²) in [4.78, 5) is 0. The summed E-state index contributed by atoms with van der Waals surface area (Å²) in [7, 11) is 0. The smallest absolute Gasteiger partial charge is 0.0532 e. The Hall–Kier alpha value is -1.08. The van der Waals surface area contributed by atoms with Gasteiger partial charge in [-0.15, -0.1) is 0 Å². The topological polar surface area (TPSA) is 9.23 Å². The van der Waals surface area contributed by atoms with Crippen molar-refractivity contribution in [3.05, 3.63) is 41.5 Å². The average Bonchev–Trinajstić information content (AvgIpc) is 2.75. The van der Waals surface area contributed by atoms with E-state index in [1.165, 1.54) is 29.5 Å². The Morgan fingerprint density at radius 1 is 1.25 bits per heavy atom. The summed E-state index contributed by atoms with van der Waals surface area (Å²) in [6, 6.07) is 8.84. The fourth-order valence-corrected chi connectivity index (χ4v) is 2.86. The summed E-state index contributed by atoms with van der Waals surface area (Å²) in [6.45, 7) is 4.07. The zero-order valence-corrected chi connectivity index (χ0v) is 9.78. The maximum atomic E-state index is 5.55. The fraction of sp³-hybridized carbons (Fsp3) is 0.467. The molecule has 1 aromatic rings. The fourth-order valence-electron chi connectivity index (χ4n) is 2.86. The monoisotopic (exact) mass is 214 g/mol. The second-order valence-electron chi connectivity index (χ2n) is 5.06. The lowest BCUT2D eigenvalue weighted by Crippen LogP contribution is -2.15.